The molecule has 3 fully saturated rings. The second-order valence-electron chi connectivity index (χ2n) is 36.1. The van der Waals surface area contributed by atoms with E-state index in [4.69, 9.17) is 129 Å². The van der Waals surface area contributed by atoms with Gasteiger partial charge in [0.25, 0.3) is 0 Å². The molecule has 3 heterocycles. The van der Waals surface area contributed by atoms with E-state index in [0.29, 0.717) is 106 Å². The van der Waals surface area contributed by atoms with E-state index in [9.17, 15) is 14.4 Å². The first-order valence-electron chi connectivity index (χ1n) is 48.9. The Hall–Kier alpha value is -8.11. The molecule has 10 aromatic rings. The largest absolute Gasteiger partial charge is 1.00 e. The molecular formula is C114H145Br2Cl7N3O14P. The number of carbonyl (C=O) groups is 3. The number of carbonyl (C=O) groups excluding carboxylic acids is 3. The fourth-order valence-corrected chi connectivity index (χ4v) is 20.8. The van der Waals surface area contributed by atoms with Gasteiger partial charge >= 0.3 is 18.2 Å². The zero-order valence-electron chi connectivity index (χ0n) is 84.4. The first-order valence-corrected chi connectivity index (χ1v) is 54.6. The van der Waals surface area contributed by atoms with Crippen LogP contribution in [0.2, 0.25) is 35.2 Å². The number of hydrogen-bond acceptors (Lipinski definition) is 15. The van der Waals surface area contributed by atoms with Crippen LogP contribution in [0.25, 0.3) is 6.08 Å². The van der Waals surface area contributed by atoms with E-state index in [1.807, 2.05) is 115 Å². The molecule has 3 aliphatic heterocycles. The molecule has 3 aliphatic rings. The second-order valence-corrected chi connectivity index (χ2v) is 43.0. The highest BCUT2D eigenvalue weighted by Gasteiger charge is 2.46. The molecule has 17 nitrogen and oxygen atoms in total. The zero-order valence-corrected chi connectivity index (χ0v) is 93.8. The van der Waals surface area contributed by atoms with Crippen molar-refractivity contribution >= 4 is 145 Å². The number of hydrogen-bond donors (Lipinski definition) is 2. The summed E-state index contributed by atoms with van der Waals surface area (Å²) in [5, 5.41) is 21.7. The lowest BCUT2D eigenvalue weighted by molar-refractivity contribution is -0.000135. The summed E-state index contributed by atoms with van der Waals surface area (Å²) in [5.41, 5.74) is 7.76. The molecule has 0 aliphatic carbocycles. The molecule has 2 amide bonds. The number of aliphatic hydroxyl groups is 1. The van der Waals surface area contributed by atoms with Crippen molar-refractivity contribution < 1.29 is 83.8 Å². The van der Waals surface area contributed by atoms with Crippen LogP contribution in [0.1, 0.15) is 217 Å². The van der Waals surface area contributed by atoms with Crippen LogP contribution in [-0.2, 0) is 45.2 Å². The molecule has 2 N–H and O–H groups in total. The smallest absolute Gasteiger partial charge is 0.410 e. The van der Waals surface area contributed by atoms with Gasteiger partial charge in [0.15, 0.2) is 0 Å². The first-order chi connectivity index (χ1) is 67.3. The molecule has 13 rings (SSSR count). The Kier molecular flexibility index (Phi) is 57.0. The third-order valence-electron chi connectivity index (χ3n) is 22.1. The highest BCUT2D eigenvalue weighted by Crippen LogP contribution is 2.58. The number of amides is 2. The van der Waals surface area contributed by atoms with Crippen LogP contribution in [0, 0.1) is 11.8 Å². The molecule has 0 unspecified atom stereocenters. The van der Waals surface area contributed by atoms with Crippen molar-refractivity contribution in [2.24, 2.45) is 11.8 Å². The molecule has 0 bridgehead atoms. The molecule has 3 saturated heterocycles. The Bertz CT molecular complexity index is 5190. The van der Waals surface area contributed by atoms with Crippen LogP contribution in [-0.4, -0.2) is 137 Å². The van der Waals surface area contributed by atoms with Gasteiger partial charge in [0.1, 0.15) is 74.6 Å². The number of piperidine rings is 3. The summed E-state index contributed by atoms with van der Waals surface area (Å²) in [6, 6.07) is 73.0. The van der Waals surface area contributed by atoms with Crippen LogP contribution in [0.15, 0.2) is 224 Å². The Labute approximate surface area is 894 Å². The topological polar surface area (TPSA) is 182 Å². The second kappa shape index (κ2) is 66.1. The Morgan fingerprint density at radius 2 is 0.702 bits per heavy atom. The predicted octanol–water partition coefficient (Wildman–Crippen LogP) is 27.7. The number of ether oxygens (including phenoxy) is 10. The number of rotatable bonds is 34. The quantitative estimate of drug-likeness (QED) is 0.0168. The maximum absolute atomic E-state index is 12.1. The minimum atomic E-state index is -1.93. The number of aliphatic hydroxyl groups excluding tert-OH is 1. The van der Waals surface area contributed by atoms with E-state index in [0.717, 1.165) is 179 Å². The Morgan fingerprint density at radius 3 is 1.06 bits per heavy atom. The Balaban J connectivity index is 0.000000257. The van der Waals surface area contributed by atoms with E-state index < -0.39 is 24.4 Å². The average Bonchev–Trinajstić information content (AvgIpc) is 0.748. The van der Waals surface area contributed by atoms with Crippen molar-refractivity contribution in [3.8, 4) is 40.2 Å². The maximum atomic E-state index is 12.1. The monoisotopic (exact) mass is 2210 g/mol. The van der Waals surface area contributed by atoms with Crippen LogP contribution >= 0.6 is 104 Å². The van der Waals surface area contributed by atoms with Crippen LogP contribution in [0.3, 0.4) is 0 Å². The summed E-state index contributed by atoms with van der Waals surface area (Å²) in [7, 11) is -0.598. The fourth-order valence-electron chi connectivity index (χ4n) is 15.0. The molecule has 10 aromatic carbocycles. The zero-order chi connectivity index (χ0) is 102. The summed E-state index contributed by atoms with van der Waals surface area (Å²) in [5.74, 6) is 6.02. The Morgan fingerprint density at radius 1 is 0.397 bits per heavy atom. The van der Waals surface area contributed by atoms with Gasteiger partial charge in [-0.25, -0.2) is 14.4 Å². The number of likely N-dealkylation sites (tertiary alicyclic amines) is 2. The van der Waals surface area contributed by atoms with Crippen molar-refractivity contribution in [2.45, 2.75) is 216 Å². The van der Waals surface area contributed by atoms with Gasteiger partial charge in [0, 0.05) is 31.5 Å². The first kappa shape index (κ1) is 122. The summed E-state index contributed by atoms with van der Waals surface area (Å²) < 4.78 is 54.7. The van der Waals surface area contributed by atoms with E-state index in [2.05, 4.69) is 194 Å². The molecule has 141 heavy (non-hydrogen) atoms. The normalized spacial score (nSPS) is 13.0. The highest BCUT2D eigenvalue weighted by molar-refractivity contribution is 9.08. The number of alkyl halides is 1. The molecule has 768 valence electrons. The van der Waals surface area contributed by atoms with Crippen LogP contribution in [0.5, 0.6) is 40.2 Å². The number of nitrogens with one attached hydrogen (secondary N) is 1. The molecule has 27 heteroatoms. The average molecular weight is 2220 g/mol. The van der Waals surface area contributed by atoms with E-state index in [1.165, 1.54) is 63.7 Å². The lowest BCUT2D eigenvalue weighted by atomic mass is 9.90. The number of benzene rings is 10. The third kappa shape index (κ3) is 43.6. The number of nitrogens with zero attached hydrogens (tertiary/aromatic N) is 2. The summed E-state index contributed by atoms with van der Waals surface area (Å²) >= 11 is 46.1. The molecule has 0 spiro atoms. The predicted molar refractivity (Wildman–Crippen MR) is 588 cm³/mol. The van der Waals surface area contributed by atoms with Gasteiger partial charge in [-0.15, -0.1) is 0 Å². The summed E-state index contributed by atoms with van der Waals surface area (Å²) in [6.45, 7) is 35.7. The van der Waals surface area contributed by atoms with Crippen molar-refractivity contribution in [3.63, 3.8) is 0 Å². The summed E-state index contributed by atoms with van der Waals surface area (Å²) in [4.78, 5) is 39.1. The standard InChI is InChI=1S/C28H27ClOP.C20H30ClNO3.C20H28ClNO3.C15H22ClNO.C11H13ClO3.C10H12BrClO.C10H13ClO2.BrH/c1-2-20-30-28-21-23(18-19-27(28)29)22-31(24-12-6-3-7-13-24,25-14-8-4-9-15-25)26-16-10-5-11-17-26;2*1-5-12-24-18-14-16(6-7-17(18)21)13-15-8-10-22(11-9-15)19(23)25-20(2,3)4;1-2-9-18-15-11-13(3-4-14(15)16)10-12-5-7-17-8-6-12;1-3-6-15-10-7-8(11(13)14-2)4-5-9(10)12;1-2-5-13-10-6-8(7-11)3-4-9(10)12;1-2-5-13-10-6-8(7-12)3-4-9(10)11;/h3-19,21H,2,20,22H2,1H3;6-7,14-15H,5,8-13H2,1-4H3;6-7,13-14H,5,8-12H2,1-4H3;3-4,11-12,17H,2,5-10H2,1H3;4-5,7H,3,6H2,1-2H3;3-4,6H,2,5,7H2,1H3;3-4,6,12H,2,5,7H2,1H3;1H/q+1;;;;;;;/p-1. The van der Waals surface area contributed by atoms with E-state index in [-0.39, 0.29) is 35.8 Å². The van der Waals surface area contributed by atoms with Crippen molar-refractivity contribution in [3.05, 3.63) is 298 Å². The van der Waals surface area contributed by atoms with Crippen LogP contribution < -0.4 is 71.4 Å². The third-order valence-corrected chi connectivity index (χ3v) is 29.3. The van der Waals surface area contributed by atoms with Gasteiger partial charge in [0.2, 0.25) is 0 Å². The van der Waals surface area contributed by atoms with Crippen molar-refractivity contribution in [1.29, 1.82) is 0 Å². The highest BCUT2D eigenvalue weighted by atomic mass is 79.9. The number of esters is 1. The van der Waals surface area contributed by atoms with E-state index >= 15 is 0 Å². The fraction of sp³-hybridized carbons (Fsp3) is 0.430. The van der Waals surface area contributed by atoms with Gasteiger partial charge in [-0.2, -0.15) is 0 Å². The SMILES string of the molecule is CCCOc1cc(C(=O)OC)ccc1Cl.CCCOc1cc(C=C2CCN(C(=O)OC(C)(C)C)CC2)ccc1Cl.CCCOc1cc(CBr)ccc1Cl.CCCOc1cc(CC2CCN(C(=O)OC(C)(C)C)CC2)ccc1Cl.CCCOc1cc(CC2CCNCC2)ccc1Cl.CCCOc1cc(CO)ccc1Cl.CCCOc1cc(C[P+](c2ccccc2)(c2ccccc2)c2ccccc2)ccc1Cl.[Br-]. The van der Waals surface area contributed by atoms with Crippen molar-refractivity contribution in [2.75, 3.05) is 92.6 Å². The molecule has 0 saturated carbocycles. The number of halogens is 9. The molecular weight excluding hydrogens is 2070 g/mol. The minimum absolute atomic E-state index is 0. The maximum Gasteiger partial charge on any atom is 0.410 e. The minimum Gasteiger partial charge on any atom is -1.00 e. The van der Waals surface area contributed by atoms with Gasteiger partial charge in [-0.3, -0.25) is 0 Å². The lowest BCUT2D eigenvalue weighted by Crippen LogP contribution is -3.00. The summed E-state index contributed by atoms with van der Waals surface area (Å²) in [6.07, 6.45) is 17.7. The van der Waals surface area contributed by atoms with E-state index in [1.54, 1.807) is 41.3 Å². The molecule has 0 radical (unpaired) electrons. The lowest BCUT2D eigenvalue weighted by Gasteiger charge is -2.33. The van der Waals surface area contributed by atoms with Crippen molar-refractivity contribution in [1.82, 2.24) is 15.1 Å². The van der Waals surface area contributed by atoms with Gasteiger partial charge in [-0.05, 0) is 324 Å². The van der Waals surface area contributed by atoms with Gasteiger partial charge in [0.05, 0.1) is 107 Å². The molecule has 0 aromatic heterocycles. The number of methoxy groups -OCH3 is 1. The van der Waals surface area contributed by atoms with Gasteiger partial charge in [-0.1, -0.05) is 248 Å². The van der Waals surface area contributed by atoms with Gasteiger partial charge < -0.3 is 84.6 Å². The molecule has 0 atom stereocenters. The van der Waals surface area contributed by atoms with Crippen LogP contribution in [0.4, 0.5) is 9.59 Å².